The number of hydrogen-bond donors (Lipinski definition) is 0. The van der Waals surface area contributed by atoms with E-state index in [1.54, 1.807) is 0 Å². The molecule has 2 nitrogen and oxygen atoms in total. The molecule has 0 spiro atoms. The van der Waals surface area contributed by atoms with Crippen LogP contribution in [0.5, 0.6) is 0 Å². The smallest absolute Gasteiger partial charge is 0.0635 e. The minimum Gasteiger partial charge on any atom is -0.299 e. The van der Waals surface area contributed by atoms with E-state index in [2.05, 4.69) is 49.1 Å². The molecular weight excluding hydrogens is 228 g/mol. The van der Waals surface area contributed by atoms with Crippen molar-refractivity contribution in [3.05, 3.63) is 30.3 Å². The average molecular weight is 248 g/mol. The predicted molar refractivity (Wildman–Crippen MR) is 74.1 cm³/mol. The average Bonchev–Trinajstić information content (AvgIpc) is 2.34. The van der Waals surface area contributed by atoms with Crippen LogP contribution in [-0.4, -0.2) is 29.8 Å². The number of nitriles is 1. The molecule has 0 aliphatic carbocycles. The molecule has 3 heteroatoms. The maximum absolute atomic E-state index is 8.62. The van der Waals surface area contributed by atoms with Crippen LogP contribution in [-0.2, 0) is 0 Å². The van der Waals surface area contributed by atoms with Crippen molar-refractivity contribution >= 4 is 11.8 Å². The first-order chi connectivity index (χ1) is 8.24. The number of hydrogen-bond acceptors (Lipinski definition) is 3. The van der Waals surface area contributed by atoms with Gasteiger partial charge in [-0.2, -0.15) is 5.26 Å². The van der Waals surface area contributed by atoms with E-state index in [0.717, 1.165) is 18.8 Å². The third-order valence-electron chi connectivity index (χ3n) is 2.63. The molecule has 0 unspecified atom stereocenters. The molecule has 0 bridgehead atoms. The molecule has 0 amide bonds. The molecule has 1 aromatic rings. The molecule has 17 heavy (non-hydrogen) atoms. The minimum absolute atomic E-state index is 0.514. The number of thioether (sulfide) groups is 1. The molecule has 92 valence electrons. The molecule has 0 radical (unpaired) electrons. The summed E-state index contributed by atoms with van der Waals surface area (Å²) in [6, 6.07) is 13.2. The van der Waals surface area contributed by atoms with Crippen LogP contribution in [0.25, 0.3) is 0 Å². The van der Waals surface area contributed by atoms with Gasteiger partial charge in [-0.1, -0.05) is 18.2 Å². The van der Waals surface area contributed by atoms with Crippen LogP contribution in [0.15, 0.2) is 35.2 Å². The summed E-state index contributed by atoms with van der Waals surface area (Å²) in [5.74, 6) is 1.08. The maximum Gasteiger partial charge on any atom is 0.0635 e. The fourth-order valence-corrected chi connectivity index (χ4v) is 2.53. The maximum atomic E-state index is 8.62. The molecule has 0 aliphatic heterocycles. The van der Waals surface area contributed by atoms with Gasteiger partial charge in [-0.25, -0.2) is 0 Å². The zero-order valence-electron chi connectivity index (χ0n) is 10.6. The third kappa shape index (κ3) is 5.76. The van der Waals surface area contributed by atoms with E-state index in [1.807, 2.05) is 17.8 Å². The van der Waals surface area contributed by atoms with Crippen molar-refractivity contribution in [3.8, 4) is 6.07 Å². The molecule has 0 aromatic heterocycles. The molecule has 0 fully saturated rings. The summed E-state index contributed by atoms with van der Waals surface area (Å²) in [6.45, 7) is 6.29. The molecular formula is C14H20N2S. The van der Waals surface area contributed by atoms with Crippen LogP contribution >= 0.6 is 11.8 Å². The van der Waals surface area contributed by atoms with Crippen LogP contribution in [0.3, 0.4) is 0 Å². The van der Waals surface area contributed by atoms with Gasteiger partial charge >= 0.3 is 0 Å². The quantitative estimate of drug-likeness (QED) is 0.692. The summed E-state index contributed by atoms with van der Waals surface area (Å²) in [5.41, 5.74) is 0. The monoisotopic (exact) mass is 248 g/mol. The highest BCUT2D eigenvalue weighted by atomic mass is 32.2. The summed E-state index contributed by atoms with van der Waals surface area (Å²) in [7, 11) is 0. The SMILES string of the molecule is CC(C)N(CCC#N)CCSc1ccccc1. The van der Waals surface area contributed by atoms with Crippen molar-refractivity contribution < 1.29 is 0 Å². The van der Waals surface area contributed by atoms with Gasteiger partial charge in [-0.15, -0.1) is 11.8 Å². The lowest BCUT2D eigenvalue weighted by molar-refractivity contribution is 0.241. The highest BCUT2D eigenvalue weighted by Gasteiger charge is 2.08. The second-order valence-electron chi connectivity index (χ2n) is 4.20. The Morgan fingerprint density at radius 1 is 1.24 bits per heavy atom. The topological polar surface area (TPSA) is 27.0 Å². The van der Waals surface area contributed by atoms with Crippen LogP contribution < -0.4 is 0 Å². The lowest BCUT2D eigenvalue weighted by Gasteiger charge is -2.25. The molecule has 1 rings (SSSR count). The second-order valence-corrected chi connectivity index (χ2v) is 5.37. The van der Waals surface area contributed by atoms with E-state index in [9.17, 15) is 0 Å². The number of benzene rings is 1. The molecule has 0 atom stereocenters. The van der Waals surface area contributed by atoms with E-state index in [4.69, 9.17) is 5.26 Å². The lowest BCUT2D eigenvalue weighted by atomic mass is 10.3. The van der Waals surface area contributed by atoms with Crippen LogP contribution in [0.4, 0.5) is 0 Å². The lowest BCUT2D eigenvalue weighted by Crippen LogP contribution is -2.33. The Labute approximate surface area is 109 Å². The molecule has 0 N–H and O–H groups in total. The van der Waals surface area contributed by atoms with Gasteiger partial charge in [-0.3, -0.25) is 4.90 Å². The van der Waals surface area contributed by atoms with Gasteiger partial charge in [0.15, 0.2) is 0 Å². The van der Waals surface area contributed by atoms with Crippen molar-refractivity contribution in [2.75, 3.05) is 18.8 Å². The summed E-state index contributed by atoms with van der Waals surface area (Å²) in [5, 5.41) is 8.62. The molecule has 0 heterocycles. The minimum atomic E-state index is 0.514. The zero-order valence-corrected chi connectivity index (χ0v) is 11.4. The molecule has 0 saturated carbocycles. The van der Waals surface area contributed by atoms with Gasteiger partial charge in [0.1, 0.15) is 0 Å². The first-order valence-electron chi connectivity index (χ1n) is 6.03. The van der Waals surface area contributed by atoms with E-state index >= 15 is 0 Å². The van der Waals surface area contributed by atoms with Gasteiger partial charge < -0.3 is 0 Å². The second kappa shape index (κ2) is 8.16. The molecule has 0 aliphatic rings. The Kier molecular flexibility index (Phi) is 6.76. The highest BCUT2D eigenvalue weighted by molar-refractivity contribution is 7.99. The Morgan fingerprint density at radius 2 is 1.94 bits per heavy atom. The summed E-state index contributed by atoms with van der Waals surface area (Å²) >= 11 is 1.88. The highest BCUT2D eigenvalue weighted by Crippen LogP contribution is 2.17. The van der Waals surface area contributed by atoms with E-state index in [-0.39, 0.29) is 0 Å². The van der Waals surface area contributed by atoms with E-state index < -0.39 is 0 Å². The number of rotatable bonds is 7. The largest absolute Gasteiger partial charge is 0.299 e. The van der Waals surface area contributed by atoms with E-state index in [0.29, 0.717) is 12.5 Å². The van der Waals surface area contributed by atoms with Gasteiger partial charge in [0.25, 0.3) is 0 Å². The van der Waals surface area contributed by atoms with Crippen molar-refractivity contribution in [1.29, 1.82) is 5.26 Å². The van der Waals surface area contributed by atoms with Crippen molar-refractivity contribution in [1.82, 2.24) is 4.90 Å². The summed E-state index contributed by atoms with van der Waals surface area (Å²) in [6.07, 6.45) is 0.619. The van der Waals surface area contributed by atoms with Crippen molar-refractivity contribution in [2.24, 2.45) is 0 Å². The van der Waals surface area contributed by atoms with Crippen molar-refractivity contribution in [2.45, 2.75) is 31.2 Å². The van der Waals surface area contributed by atoms with Crippen LogP contribution in [0.1, 0.15) is 20.3 Å². The van der Waals surface area contributed by atoms with Crippen LogP contribution in [0, 0.1) is 11.3 Å². The van der Waals surface area contributed by atoms with Gasteiger partial charge in [0.2, 0.25) is 0 Å². The normalized spacial score (nSPS) is 10.8. The summed E-state index contributed by atoms with van der Waals surface area (Å²) < 4.78 is 0. The predicted octanol–water partition coefficient (Wildman–Crippen LogP) is 3.40. The fraction of sp³-hybridized carbons (Fsp3) is 0.500. The van der Waals surface area contributed by atoms with Gasteiger partial charge in [0, 0.05) is 36.2 Å². The Morgan fingerprint density at radius 3 is 2.53 bits per heavy atom. The van der Waals surface area contributed by atoms with Crippen molar-refractivity contribution in [3.63, 3.8) is 0 Å². The van der Waals surface area contributed by atoms with Gasteiger partial charge in [-0.05, 0) is 26.0 Å². The first kappa shape index (κ1) is 14.1. The Bertz CT molecular complexity index is 343. The van der Waals surface area contributed by atoms with Gasteiger partial charge in [0.05, 0.1) is 6.07 Å². The van der Waals surface area contributed by atoms with E-state index in [1.165, 1.54) is 4.90 Å². The first-order valence-corrected chi connectivity index (χ1v) is 7.01. The standard InChI is InChI=1S/C14H20N2S/c1-13(2)16(10-6-9-15)11-12-17-14-7-4-3-5-8-14/h3-5,7-8,13H,6,10-12H2,1-2H3. The third-order valence-corrected chi connectivity index (χ3v) is 3.62. The Balaban J connectivity index is 2.30. The fourth-order valence-electron chi connectivity index (χ4n) is 1.62. The molecule has 0 saturated heterocycles. The van der Waals surface area contributed by atoms with Crippen LogP contribution in [0.2, 0.25) is 0 Å². The number of nitrogens with zero attached hydrogens (tertiary/aromatic N) is 2. The zero-order chi connectivity index (χ0) is 12.5. The summed E-state index contributed by atoms with van der Waals surface area (Å²) in [4.78, 5) is 3.68. The Hall–Kier alpha value is -0.980. The molecule has 1 aromatic carbocycles.